The zero-order valence-corrected chi connectivity index (χ0v) is 13.7. The number of halogens is 1. The predicted octanol–water partition coefficient (Wildman–Crippen LogP) is 4.16. The average molecular weight is 340 g/mol. The van der Waals surface area contributed by atoms with E-state index in [1.165, 1.54) is 32.1 Å². The number of methoxy groups -OCH3 is 1. The first-order valence-electron chi connectivity index (χ1n) is 7.26. The van der Waals surface area contributed by atoms with Crippen LogP contribution in [0.1, 0.15) is 49.4 Å². The molecule has 0 aromatic heterocycles. The first kappa shape index (κ1) is 15.4. The highest BCUT2D eigenvalue weighted by atomic mass is 79.9. The number of benzene rings is 1. The van der Waals surface area contributed by atoms with Gasteiger partial charge in [-0.15, -0.1) is 0 Å². The lowest BCUT2D eigenvalue weighted by Crippen LogP contribution is -2.39. The van der Waals surface area contributed by atoms with Gasteiger partial charge in [0, 0.05) is 10.5 Å². The summed E-state index contributed by atoms with van der Waals surface area (Å²) in [5.74, 6) is 1.27. The Labute approximate surface area is 129 Å². The molecule has 1 N–H and O–H groups in total. The van der Waals surface area contributed by atoms with E-state index >= 15 is 0 Å². The van der Waals surface area contributed by atoms with Crippen molar-refractivity contribution >= 4 is 21.8 Å². The van der Waals surface area contributed by atoms with Gasteiger partial charge in [0.15, 0.2) is 0 Å². The number of nitrogens with one attached hydrogen (secondary N) is 1. The largest absolute Gasteiger partial charge is 0.497 e. The minimum Gasteiger partial charge on any atom is -0.497 e. The summed E-state index contributed by atoms with van der Waals surface area (Å²) in [6.45, 7) is 2.11. The standard InChI is InChI=1S/C16H22BrNO2/c1-11(12-6-4-3-5-7-12)18-16(19)14-10-13(20-2)8-9-15(14)17/h8-12H,3-7H2,1-2H3,(H,18,19). The van der Waals surface area contributed by atoms with E-state index in [2.05, 4.69) is 28.2 Å². The number of amides is 1. The van der Waals surface area contributed by atoms with Crippen molar-refractivity contribution in [1.82, 2.24) is 5.32 Å². The van der Waals surface area contributed by atoms with Gasteiger partial charge in [-0.25, -0.2) is 0 Å². The Bertz CT molecular complexity index is 470. The van der Waals surface area contributed by atoms with E-state index in [0.717, 1.165) is 4.47 Å². The van der Waals surface area contributed by atoms with Gasteiger partial charge in [0.05, 0.1) is 12.7 Å². The van der Waals surface area contributed by atoms with Crippen LogP contribution in [0.3, 0.4) is 0 Å². The van der Waals surface area contributed by atoms with Crippen LogP contribution in [0, 0.1) is 5.92 Å². The molecular weight excluding hydrogens is 318 g/mol. The van der Waals surface area contributed by atoms with Gasteiger partial charge in [-0.05, 0) is 59.8 Å². The molecule has 1 unspecified atom stereocenters. The van der Waals surface area contributed by atoms with Crippen molar-refractivity contribution < 1.29 is 9.53 Å². The quantitative estimate of drug-likeness (QED) is 0.894. The molecule has 1 atom stereocenters. The maximum atomic E-state index is 12.4. The van der Waals surface area contributed by atoms with Gasteiger partial charge in [-0.3, -0.25) is 4.79 Å². The van der Waals surface area contributed by atoms with Crippen LogP contribution in [0.5, 0.6) is 5.75 Å². The first-order chi connectivity index (χ1) is 9.61. The highest BCUT2D eigenvalue weighted by molar-refractivity contribution is 9.10. The molecule has 1 aromatic rings. The Kier molecular flexibility index (Phi) is 5.46. The molecule has 1 amide bonds. The minimum atomic E-state index is -0.0335. The van der Waals surface area contributed by atoms with Crippen LogP contribution in [0.2, 0.25) is 0 Å². The monoisotopic (exact) mass is 339 g/mol. The van der Waals surface area contributed by atoms with Gasteiger partial charge in [-0.1, -0.05) is 19.3 Å². The Morgan fingerprint density at radius 2 is 2.05 bits per heavy atom. The molecule has 4 heteroatoms. The highest BCUT2D eigenvalue weighted by Crippen LogP contribution is 2.27. The molecule has 0 aliphatic heterocycles. The lowest BCUT2D eigenvalue weighted by atomic mass is 9.84. The third kappa shape index (κ3) is 3.75. The fraction of sp³-hybridized carbons (Fsp3) is 0.562. The number of ether oxygens (including phenoxy) is 1. The molecule has 1 aliphatic carbocycles. The van der Waals surface area contributed by atoms with Crippen LogP contribution < -0.4 is 10.1 Å². The van der Waals surface area contributed by atoms with Gasteiger partial charge in [0.1, 0.15) is 5.75 Å². The van der Waals surface area contributed by atoms with E-state index in [1.807, 2.05) is 12.1 Å². The van der Waals surface area contributed by atoms with Crippen molar-refractivity contribution in [3.05, 3.63) is 28.2 Å². The smallest absolute Gasteiger partial charge is 0.252 e. The van der Waals surface area contributed by atoms with Crippen LogP contribution in [0.25, 0.3) is 0 Å². The zero-order chi connectivity index (χ0) is 14.5. The lowest BCUT2D eigenvalue weighted by Gasteiger charge is -2.28. The summed E-state index contributed by atoms with van der Waals surface area (Å²) in [6, 6.07) is 5.68. The van der Waals surface area contributed by atoms with Crippen LogP contribution in [-0.2, 0) is 0 Å². The number of carbonyl (C=O) groups is 1. The molecule has 1 aliphatic rings. The van der Waals surface area contributed by atoms with Crippen molar-refractivity contribution in [2.24, 2.45) is 5.92 Å². The van der Waals surface area contributed by atoms with Gasteiger partial charge in [0.25, 0.3) is 5.91 Å². The number of rotatable bonds is 4. The molecule has 110 valence electrons. The van der Waals surface area contributed by atoms with Crippen molar-refractivity contribution in [1.29, 1.82) is 0 Å². The molecule has 0 bridgehead atoms. The maximum Gasteiger partial charge on any atom is 0.252 e. The molecule has 2 rings (SSSR count). The molecule has 0 spiro atoms. The van der Waals surface area contributed by atoms with Gasteiger partial charge in [0.2, 0.25) is 0 Å². The maximum absolute atomic E-state index is 12.4. The summed E-state index contributed by atoms with van der Waals surface area (Å²) in [5.41, 5.74) is 0.631. The highest BCUT2D eigenvalue weighted by Gasteiger charge is 2.22. The summed E-state index contributed by atoms with van der Waals surface area (Å²) in [4.78, 5) is 12.4. The zero-order valence-electron chi connectivity index (χ0n) is 12.1. The molecule has 1 fully saturated rings. The summed E-state index contributed by atoms with van der Waals surface area (Å²) in [5, 5.41) is 3.13. The molecule has 3 nitrogen and oxygen atoms in total. The first-order valence-corrected chi connectivity index (χ1v) is 8.05. The van der Waals surface area contributed by atoms with E-state index in [4.69, 9.17) is 4.74 Å². The Morgan fingerprint density at radius 1 is 1.35 bits per heavy atom. The van der Waals surface area contributed by atoms with Crippen LogP contribution >= 0.6 is 15.9 Å². The van der Waals surface area contributed by atoms with Gasteiger partial charge < -0.3 is 10.1 Å². The summed E-state index contributed by atoms with van der Waals surface area (Å²) in [7, 11) is 1.61. The van der Waals surface area contributed by atoms with E-state index < -0.39 is 0 Å². The summed E-state index contributed by atoms with van der Waals surface area (Å²) in [6.07, 6.45) is 6.35. The molecule has 1 aromatic carbocycles. The fourth-order valence-corrected chi connectivity index (χ4v) is 3.27. The summed E-state index contributed by atoms with van der Waals surface area (Å²) < 4.78 is 5.98. The van der Waals surface area contributed by atoms with E-state index in [9.17, 15) is 4.79 Å². The predicted molar refractivity (Wildman–Crippen MR) is 84.2 cm³/mol. The average Bonchev–Trinajstić information content (AvgIpc) is 2.48. The second-order valence-corrected chi connectivity index (χ2v) is 6.36. The lowest BCUT2D eigenvalue weighted by molar-refractivity contribution is 0.0918. The van der Waals surface area contributed by atoms with Crippen LogP contribution in [0.4, 0.5) is 0 Å². The SMILES string of the molecule is COc1ccc(Br)c(C(=O)NC(C)C2CCCCC2)c1. The second-order valence-electron chi connectivity index (χ2n) is 5.51. The Morgan fingerprint density at radius 3 is 2.70 bits per heavy atom. The Balaban J connectivity index is 2.03. The molecule has 1 saturated carbocycles. The molecular formula is C16H22BrNO2. The van der Waals surface area contributed by atoms with Gasteiger partial charge >= 0.3 is 0 Å². The number of hydrogen-bond donors (Lipinski definition) is 1. The topological polar surface area (TPSA) is 38.3 Å². The van der Waals surface area contributed by atoms with Crippen molar-refractivity contribution in [2.45, 2.75) is 45.1 Å². The minimum absolute atomic E-state index is 0.0335. The van der Waals surface area contributed by atoms with Gasteiger partial charge in [-0.2, -0.15) is 0 Å². The fourth-order valence-electron chi connectivity index (χ4n) is 2.84. The van der Waals surface area contributed by atoms with E-state index in [0.29, 0.717) is 17.2 Å². The normalized spacial score (nSPS) is 17.6. The molecule has 0 heterocycles. The summed E-state index contributed by atoms with van der Waals surface area (Å²) >= 11 is 3.43. The van der Waals surface area contributed by atoms with Crippen LogP contribution in [-0.4, -0.2) is 19.1 Å². The third-order valence-corrected chi connectivity index (χ3v) is 4.83. The van der Waals surface area contributed by atoms with Crippen molar-refractivity contribution in [3.63, 3.8) is 0 Å². The molecule has 20 heavy (non-hydrogen) atoms. The third-order valence-electron chi connectivity index (χ3n) is 4.13. The van der Waals surface area contributed by atoms with Crippen molar-refractivity contribution in [2.75, 3.05) is 7.11 Å². The van der Waals surface area contributed by atoms with E-state index in [-0.39, 0.29) is 11.9 Å². The van der Waals surface area contributed by atoms with Crippen molar-refractivity contribution in [3.8, 4) is 5.75 Å². The molecule has 0 radical (unpaired) electrons. The van der Waals surface area contributed by atoms with E-state index in [1.54, 1.807) is 13.2 Å². The molecule has 0 saturated heterocycles. The second kappa shape index (κ2) is 7.11. The number of carbonyl (C=O) groups excluding carboxylic acids is 1. The van der Waals surface area contributed by atoms with Crippen LogP contribution in [0.15, 0.2) is 22.7 Å². The Hall–Kier alpha value is -1.03. The number of hydrogen-bond acceptors (Lipinski definition) is 2.